The van der Waals surface area contributed by atoms with Gasteiger partial charge in [-0.3, -0.25) is 0 Å². The summed E-state index contributed by atoms with van der Waals surface area (Å²) in [6, 6.07) is 0. The van der Waals surface area contributed by atoms with Gasteiger partial charge in [0.2, 0.25) is 0 Å². The molecule has 0 saturated carbocycles. The molecule has 0 aromatic carbocycles. The first-order valence-corrected chi connectivity index (χ1v) is 3.49. The Morgan fingerprint density at radius 1 is 1.18 bits per heavy atom. The quantitative estimate of drug-likeness (QED) is 0.428. The van der Waals surface area contributed by atoms with Crippen molar-refractivity contribution in [2.45, 2.75) is 25.7 Å². The fraction of sp³-hybridized carbons (Fsp3) is 0.500. The van der Waals surface area contributed by atoms with Crippen LogP contribution in [0.25, 0.3) is 0 Å². The van der Waals surface area contributed by atoms with Crippen LogP contribution in [0.15, 0.2) is 24.6 Å². The zero-order chi connectivity index (χ0) is 8.69. The normalized spacial score (nSPS) is 9.36. The lowest BCUT2D eigenvalue weighted by Gasteiger charge is -1.94. The minimum absolute atomic E-state index is 0.157. The van der Waals surface area contributed by atoms with E-state index in [0.29, 0.717) is 12.8 Å². The Bertz CT molecular complexity index is 145. The van der Waals surface area contributed by atoms with Crippen molar-refractivity contribution in [3.05, 3.63) is 24.6 Å². The van der Waals surface area contributed by atoms with Gasteiger partial charge in [0.05, 0.1) is 0 Å². The van der Waals surface area contributed by atoms with E-state index in [-0.39, 0.29) is 6.42 Å². The van der Waals surface area contributed by atoms with Gasteiger partial charge in [-0.1, -0.05) is 6.08 Å². The van der Waals surface area contributed by atoms with Crippen LogP contribution in [-0.2, 0) is 0 Å². The first-order valence-electron chi connectivity index (χ1n) is 3.49. The number of rotatable bonds is 5. The van der Waals surface area contributed by atoms with Crippen molar-refractivity contribution >= 4 is 0 Å². The number of halogens is 3. The van der Waals surface area contributed by atoms with Gasteiger partial charge in [0.1, 0.15) is 0 Å². The Hall–Kier alpha value is -0.730. The molecule has 0 unspecified atom stereocenters. The molecular weight excluding hydrogens is 153 g/mol. The zero-order valence-electron chi connectivity index (χ0n) is 6.25. The molecule has 0 aromatic rings. The smallest absolute Gasteiger partial charge is 0.206 e. The van der Waals surface area contributed by atoms with E-state index in [1.54, 1.807) is 6.08 Å². The van der Waals surface area contributed by atoms with Crippen molar-refractivity contribution in [1.82, 2.24) is 0 Å². The molecule has 0 heterocycles. The Kier molecular flexibility index (Phi) is 5.61. The van der Waals surface area contributed by atoms with Crippen molar-refractivity contribution in [3.63, 3.8) is 0 Å². The van der Waals surface area contributed by atoms with E-state index in [4.69, 9.17) is 0 Å². The van der Waals surface area contributed by atoms with E-state index in [2.05, 4.69) is 6.58 Å². The average molecular weight is 164 g/mol. The van der Waals surface area contributed by atoms with Gasteiger partial charge in [0.15, 0.2) is 5.83 Å². The van der Waals surface area contributed by atoms with E-state index < -0.39 is 11.9 Å². The topological polar surface area (TPSA) is 0 Å². The van der Waals surface area contributed by atoms with Crippen molar-refractivity contribution < 1.29 is 13.2 Å². The third-order valence-electron chi connectivity index (χ3n) is 1.26. The summed E-state index contributed by atoms with van der Waals surface area (Å²) >= 11 is 0. The maximum atomic E-state index is 12.1. The summed E-state index contributed by atoms with van der Waals surface area (Å²) in [6.45, 7) is 3.46. The summed E-state index contributed by atoms with van der Waals surface area (Å²) in [5.41, 5.74) is 0. The van der Waals surface area contributed by atoms with E-state index >= 15 is 0 Å². The molecule has 0 N–H and O–H groups in total. The van der Waals surface area contributed by atoms with Crippen LogP contribution in [-0.4, -0.2) is 0 Å². The predicted octanol–water partition coefficient (Wildman–Crippen LogP) is 3.81. The van der Waals surface area contributed by atoms with Gasteiger partial charge >= 0.3 is 6.08 Å². The molecule has 0 saturated heterocycles. The summed E-state index contributed by atoms with van der Waals surface area (Å²) in [7, 11) is 0. The Labute approximate surface area is 64.4 Å². The highest BCUT2D eigenvalue weighted by molar-refractivity contribution is 4.90. The van der Waals surface area contributed by atoms with Gasteiger partial charge in [-0.05, 0) is 19.3 Å². The van der Waals surface area contributed by atoms with E-state index in [0.717, 1.165) is 6.42 Å². The maximum Gasteiger partial charge on any atom is 0.301 e. The second-order valence-electron chi connectivity index (χ2n) is 2.20. The number of hydrogen-bond acceptors (Lipinski definition) is 0. The first-order chi connectivity index (χ1) is 5.18. The van der Waals surface area contributed by atoms with Crippen LogP contribution < -0.4 is 0 Å². The van der Waals surface area contributed by atoms with Gasteiger partial charge in [-0.15, -0.1) is 6.58 Å². The van der Waals surface area contributed by atoms with Gasteiger partial charge in [0, 0.05) is 6.42 Å². The molecule has 0 rings (SSSR count). The minimum Gasteiger partial charge on any atom is -0.206 e. The summed E-state index contributed by atoms with van der Waals surface area (Å²) in [5.74, 6) is -1.28. The van der Waals surface area contributed by atoms with Crippen LogP contribution in [0.2, 0.25) is 0 Å². The molecule has 0 aliphatic carbocycles. The molecule has 0 aliphatic heterocycles. The van der Waals surface area contributed by atoms with Crippen molar-refractivity contribution in [2.24, 2.45) is 0 Å². The van der Waals surface area contributed by atoms with E-state index in [9.17, 15) is 13.2 Å². The maximum absolute atomic E-state index is 12.1. The molecule has 0 aliphatic rings. The second-order valence-corrected chi connectivity index (χ2v) is 2.20. The highest BCUT2D eigenvalue weighted by Crippen LogP contribution is 2.16. The van der Waals surface area contributed by atoms with Crippen LogP contribution in [0, 0.1) is 0 Å². The average Bonchev–Trinajstić information content (AvgIpc) is 1.97. The van der Waals surface area contributed by atoms with Crippen LogP contribution in [0.5, 0.6) is 0 Å². The molecule has 0 atom stereocenters. The Morgan fingerprint density at radius 3 is 2.27 bits per heavy atom. The third kappa shape index (κ3) is 5.70. The number of unbranched alkanes of at least 4 members (excludes halogenated alkanes) is 2. The van der Waals surface area contributed by atoms with E-state index in [1.807, 2.05) is 0 Å². The lowest BCUT2D eigenvalue weighted by Crippen LogP contribution is -1.78. The lowest BCUT2D eigenvalue weighted by atomic mass is 10.2. The monoisotopic (exact) mass is 164 g/mol. The van der Waals surface area contributed by atoms with Gasteiger partial charge in [-0.25, -0.2) is 4.39 Å². The van der Waals surface area contributed by atoms with Crippen LogP contribution in [0.3, 0.4) is 0 Å². The van der Waals surface area contributed by atoms with Crippen LogP contribution >= 0.6 is 0 Å². The Morgan fingerprint density at radius 2 is 1.82 bits per heavy atom. The van der Waals surface area contributed by atoms with Crippen molar-refractivity contribution in [2.75, 3.05) is 0 Å². The molecule has 0 fully saturated rings. The first kappa shape index (κ1) is 10.3. The fourth-order valence-corrected chi connectivity index (χ4v) is 0.663. The Balaban J connectivity index is 3.39. The molecule has 0 bridgehead atoms. The van der Waals surface area contributed by atoms with Crippen molar-refractivity contribution in [3.8, 4) is 0 Å². The SMILES string of the molecule is C=CCCCCC(F)=C(F)F. The van der Waals surface area contributed by atoms with E-state index in [1.165, 1.54) is 0 Å². The largest absolute Gasteiger partial charge is 0.301 e. The molecule has 64 valence electrons. The summed E-state index contributed by atoms with van der Waals surface area (Å²) in [4.78, 5) is 0. The molecule has 0 radical (unpaired) electrons. The van der Waals surface area contributed by atoms with Crippen LogP contribution in [0.4, 0.5) is 13.2 Å². The predicted molar refractivity (Wildman–Crippen MR) is 39.0 cm³/mol. The highest BCUT2D eigenvalue weighted by atomic mass is 19.3. The number of allylic oxidation sites excluding steroid dienone is 2. The lowest BCUT2D eigenvalue weighted by molar-refractivity contribution is 0.368. The summed E-state index contributed by atoms with van der Waals surface area (Å²) in [5, 5.41) is 0. The summed E-state index contributed by atoms with van der Waals surface area (Å²) < 4.78 is 34.9. The fourth-order valence-electron chi connectivity index (χ4n) is 0.663. The van der Waals surface area contributed by atoms with Crippen LogP contribution in [0.1, 0.15) is 25.7 Å². The number of hydrogen-bond donors (Lipinski definition) is 0. The third-order valence-corrected chi connectivity index (χ3v) is 1.26. The highest BCUT2D eigenvalue weighted by Gasteiger charge is 2.02. The summed E-state index contributed by atoms with van der Waals surface area (Å²) in [6.07, 6.45) is 1.26. The van der Waals surface area contributed by atoms with Gasteiger partial charge < -0.3 is 0 Å². The zero-order valence-corrected chi connectivity index (χ0v) is 6.25. The molecule has 0 nitrogen and oxygen atoms in total. The van der Waals surface area contributed by atoms with Gasteiger partial charge in [0.25, 0.3) is 0 Å². The van der Waals surface area contributed by atoms with Crippen molar-refractivity contribution in [1.29, 1.82) is 0 Å². The molecule has 0 spiro atoms. The molecule has 11 heavy (non-hydrogen) atoms. The second kappa shape index (κ2) is 6.01. The van der Waals surface area contributed by atoms with Gasteiger partial charge in [-0.2, -0.15) is 8.78 Å². The molecule has 0 amide bonds. The molecule has 0 aromatic heterocycles. The standard InChI is InChI=1S/C8H11F3/c1-2-3-4-5-6-7(9)8(10)11/h2H,1,3-6H2. The molecular formula is C8H11F3. The molecule has 3 heteroatoms. The minimum atomic E-state index is -2.19.